The van der Waals surface area contributed by atoms with E-state index in [0.29, 0.717) is 87.9 Å². The summed E-state index contributed by atoms with van der Waals surface area (Å²) in [6, 6.07) is 31.3. The summed E-state index contributed by atoms with van der Waals surface area (Å²) in [5, 5.41) is 48.7. The second-order valence-corrected chi connectivity index (χ2v) is 32.4. The number of para-hydroxylation sites is 6. The number of alkyl carbamates (subject to hydrolysis) is 3. The maximum Gasteiger partial charge on any atom is 0.408 e. The average Bonchev–Trinajstić information content (AvgIpc) is 0.839. The van der Waals surface area contributed by atoms with E-state index in [1.165, 1.54) is 33.7 Å². The molecular formula is C91H131Cl7N8O24S. The van der Waals surface area contributed by atoms with Crippen LogP contribution in [0.25, 0.3) is 0 Å². The normalized spacial score (nSPS) is 12.8. The first kappa shape index (κ1) is 123. The zero-order valence-corrected chi connectivity index (χ0v) is 81.9. The van der Waals surface area contributed by atoms with E-state index in [9.17, 15) is 57.8 Å². The van der Waals surface area contributed by atoms with Gasteiger partial charge in [-0.2, -0.15) is 0 Å². The predicted octanol–water partition coefficient (Wildman–Crippen LogP) is 19.0. The molecule has 0 aliphatic rings. The van der Waals surface area contributed by atoms with Crippen LogP contribution in [0, 0.1) is 0 Å². The summed E-state index contributed by atoms with van der Waals surface area (Å²) in [6.45, 7) is 32.1. The largest absolute Gasteiger partial charge is 0.480 e. The van der Waals surface area contributed by atoms with Crippen molar-refractivity contribution < 1.29 is 118 Å². The van der Waals surface area contributed by atoms with Gasteiger partial charge in [0.15, 0.2) is 24.2 Å². The van der Waals surface area contributed by atoms with Crippen molar-refractivity contribution >= 4 is 200 Å². The number of aliphatic hydroxyl groups excluding tert-OH is 2. The van der Waals surface area contributed by atoms with Crippen LogP contribution >= 0.6 is 94.2 Å². The van der Waals surface area contributed by atoms with Crippen LogP contribution < -0.4 is 43.0 Å². The number of carboxylic acids is 1. The number of anilines is 6. The SMILES string of the molecule is C.C.CC(O)C(NC(=O)OC(C)(C)C)C(=O)O.CCOC(=O)C(N)C(C)OC(=O)Cc1ccccc1Nc1c(Cl)cccc1Cl.CCOC(=O)C(NC(=O)OC(C)(C)C)C(C)O.CCOC(=O)C(NC(=O)OC(C)(C)C)C(C)OC(=O)Cc1ccccc1Nc1c(Cl)cccc1Cl.CCOC(=O)C(NC=S)C(C)OC(=O)Cc1ccccc1Nc1c(Cl)cccc1Cl.Cl.[2H]CC.[3H]C. The molecule has 0 aromatic heterocycles. The zero-order valence-electron chi connectivity index (χ0n) is 77.7. The second-order valence-electron chi connectivity index (χ2n) is 29.7. The number of hydrogen-bond acceptors (Lipinski definition) is 28. The summed E-state index contributed by atoms with van der Waals surface area (Å²) in [4.78, 5) is 131. The van der Waals surface area contributed by atoms with Crippen molar-refractivity contribution in [3.63, 3.8) is 0 Å². The van der Waals surface area contributed by atoms with Crippen molar-refractivity contribution in [1.82, 2.24) is 21.3 Å². The van der Waals surface area contributed by atoms with Crippen molar-refractivity contribution in [1.29, 1.82) is 0 Å². The first-order valence-electron chi connectivity index (χ1n) is 41.5. The number of amides is 3. The number of hydrogen-bond donors (Lipinski definition) is 11. The Kier molecular flexibility index (Phi) is 60.9. The molecule has 3 amide bonds. The van der Waals surface area contributed by atoms with Crippen molar-refractivity contribution in [2.24, 2.45) is 5.73 Å². The number of esters is 7. The molecule has 131 heavy (non-hydrogen) atoms. The fraction of sp³-hybridized carbons (Fsp3) is 0.473. The highest BCUT2D eigenvalue weighted by molar-refractivity contribution is 7.78. The van der Waals surface area contributed by atoms with Crippen LogP contribution in [0.1, 0.15) is 180 Å². The van der Waals surface area contributed by atoms with Crippen molar-refractivity contribution in [3.8, 4) is 0 Å². The molecule has 40 heteroatoms. The maximum absolute atomic E-state index is 12.8. The summed E-state index contributed by atoms with van der Waals surface area (Å²) in [5.74, 6) is -5.54. The molecular weight excluding hydrogens is 1870 g/mol. The topological polar surface area (TPSA) is 451 Å². The molecule has 0 heterocycles. The molecule has 0 bridgehead atoms. The summed E-state index contributed by atoms with van der Waals surface area (Å²) in [5.41, 5.74) is 10.3. The number of thiocarbonyl (C=S) groups is 1. The molecule has 0 aliphatic carbocycles. The second kappa shape index (κ2) is 64.8. The number of carbonyl (C=O) groups excluding carboxylic acids is 10. The number of rotatable bonds is 34. The van der Waals surface area contributed by atoms with E-state index in [0.717, 1.165) is 0 Å². The average molecular weight is 2000 g/mol. The van der Waals surface area contributed by atoms with Gasteiger partial charge < -0.3 is 106 Å². The van der Waals surface area contributed by atoms with Crippen molar-refractivity contribution in [2.45, 2.75) is 258 Å². The van der Waals surface area contributed by atoms with Crippen molar-refractivity contribution in [3.05, 3.63) is 174 Å². The van der Waals surface area contributed by atoms with Crippen LogP contribution in [0.3, 0.4) is 0 Å². The van der Waals surface area contributed by atoms with Crippen LogP contribution in [0.2, 0.25) is 30.1 Å². The minimum absolute atomic E-state index is 0. The molecule has 0 radical (unpaired) electrons. The molecule has 6 rings (SSSR count). The minimum Gasteiger partial charge on any atom is -0.480 e. The lowest BCUT2D eigenvalue weighted by molar-refractivity contribution is -0.158. The number of nitrogens with one attached hydrogen (secondary N) is 7. The number of benzene rings is 6. The molecule has 12 N–H and O–H groups in total. The van der Waals surface area contributed by atoms with E-state index in [-0.39, 0.29) is 73.0 Å². The van der Waals surface area contributed by atoms with Crippen LogP contribution in [0.4, 0.5) is 48.5 Å². The monoisotopic (exact) mass is 2000 g/mol. The smallest absolute Gasteiger partial charge is 0.408 e. The molecule has 0 spiro atoms. The fourth-order valence-electron chi connectivity index (χ4n) is 10.1. The van der Waals surface area contributed by atoms with Crippen LogP contribution in [-0.4, -0.2) is 191 Å². The van der Waals surface area contributed by atoms with Gasteiger partial charge in [0.2, 0.25) is 0 Å². The number of ether oxygens (including phenoxy) is 10. The number of aliphatic hydroxyl groups is 2. The lowest BCUT2D eigenvalue weighted by Gasteiger charge is -2.26. The van der Waals surface area contributed by atoms with E-state index < -0.39 is 144 Å². The Bertz CT molecular complexity index is 4530. The summed E-state index contributed by atoms with van der Waals surface area (Å²) >= 11 is 42.1. The van der Waals surface area contributed by atoms with Gasteiger partial charge in [0.05, 0.1) is 111 Å². The highest BCUT2D eigenvalue weighted by Crippen LogP contribution is 2.37. The Hall–Kier alpha value is -9.91. The third-order valence-electron chi connectivity index (χ3n) is 15.8. The number of carboxylic acid groups (broad SMARTS) is 1. The van der Waals surface area contributed by atoms with Gasteiger partial charge in [-0.25, -0.2) is 33.6 Å². The summed E-state index contributed by atoms with van der Waals surface area (Å²) in [7, 11) is 1.25. The Balaban J connectivity index is -0.000000790. The van der Waals surface area contributed by atoms with Crippen molar-refractivity contribution in [2.75, 3.05) is 42.4 Å². The molecule has 10 unspecified atom stereocenters. The molecule has 10 atom stereocenters. The van der Waals surface area contributed by atoms with Crippen LogP contribution in [-0.2, 0) is 105 Å². The van der Waals surface area contributed by atoms with E-state index in [2.05, 4.69) is 37.2 Å². The minimum atomic E-state index is -1.36. The third-order valence-corrected chi connectivity index (χ3v) is 17.8. The predicted molar refractivity (Wildman–Crippen MR) is 521 cm³/mol. The first-order valence-corrected chi connectivity index (χ1v) is 42.5. The Labute approximate surface area is 813 Å². The fourth-order valence-corrected chi connectivity index (χ4v) is 11.7. The number of nitrogens with two attached hydrogens (primary N) is 1. The molecule has 6 aromatic carbocycles. The zero-order chi connectivity index (χ0) is 99.5. The number of carbonyl (C=O) groups is 11. The number of halogens is 7. The van der Waals surface area contributed by atoms with Gasteiger partial charge >= 0.3 is 66.0 Å². The molecule has 734 valence electrons. The Morgan fingerprint density at radius 3 is 0.939 bits per heavy atom. The van der Waals surface area contributed by atoms with Gasteiger partial charge in [-0.05, 0) is 196 Å². The van der Waals surface area contributed by atoms with Gasteiger partial charge in [-0.1, -0.05) is 191 Å². The highest BCUT2D eigenvalue weighted by atomic mass is 35.5. The molecule has 0 aliphatic heterocycles. The quantitative estimate of drug-likeness (QED) is 0.0102. The molecule has 0 fully saturated rings. The summed E-state index contributed by atoms with van der Waals surface area (Å²) in [6.07, 6.45) is -7.48. The van der Waals surface area contributed by atoms with E-state index in [1.54, 1.807) is 226 Å². The van der Waals surface area contributed by atoms with Gasteiger partial charge in [-0.15, -0.1) is 12.4 Å². The van der Waals surface area contributed by atoms with Gasteiger partial charge in [-0.3, -0.25) is 19.2 Å². The highest BCUT2D eigenvalue weighted by Gasteiger charge is 2.35. The van der Waals surface area contributed by atoms with E-state index in [4.69, 9.17) is 148 Å². The maximum atomic E-state index is 12.8. The Morgan fingerprint density at radius 1 is 0.427 bits per heavy atom. The van der Waals surface area contributed by atoms with E-state index in [1.807, 2.05) is 12.1 Å². The summed E-state index contributed by atoms with van der Waals surface area (Å²) < 4.78 is 62.8. The Morgan fingerprint density at radius 2 is 0.672 bits per heavy atom. The lowest BCUT2D eigenvalue weighted by atomic mass is 10.1. The van der Waals surface area contributed by atoms with Gasteiger partial charge in [0, 0.05) is 19.8 Å². The lowest BCUT2D eigenvalue weighted by Crippen LogP contribution is -2.51. The van der Waals surface area contributed by atoms with Gasteiger partial charge in [0.1, 0.15) is 41.2 Å². The van der Waals surface area contributed by atoms with Crippen LogP contribution in [0.15, 0.2) is 127 Å². The van der Waals surface area contributed by atoms with Gasteiger partial charge in [0.25, 0.3) is 0 Å². The molecule has 0 saturated carbocycles. The standard InChI is InChI=1S/C25H30Cl2N2O6.C21H22Cl2N2O4S.C20H22Cl2N2O4.C11H21NO5.C9H17NO5.C2H6.3CH4.ClH/c1-6-33-23(31)21(29-24(32)35-25(3,4)5)15(2)34-20(30)14-16-10-7-8-13-19(16)28-22-17(26)11-9-12-18(22)27;1-3-28-21(27)19(24-12-30)13(2)29-18(26)11-14-7-4-5-10-17(14)25-20-15(22)8-6-9-16(20)23;1-3-27-20(26)18(23)12(2)28-17(25)11-13-7-4-5-10-16(13)24-19-14(21)8-6-9-15(19)22;1-6-16-9(14)8(7(2)13)12-10(15)17-11(3,4)5;1-5(11)6(7(12)13)10-8(14)15-9(2,3)4;1-2;;;;/h7-13,15,21,28H,6,14H2,1-5H3,(H,29,32);4-10,12-13,19,25H,3,11H2,1-2H3,(H,24,30);4-10,12,18,24H,3,11,23H2,1-2H3;7-8,13H,6H2,1-5H3,(H,12,15);5-6,11H,1-4H3,(H,10,14)(H,12,13);1-2H3;3*1H4;1H/i;;;;;1D;1T;;;. The van der Waals surface area contributed by atoms with Crippen LogP contribution in [0.5, 0.6) is 0 Å². The molecule has 0 saturated heterocycles. The first-order chi connectivity index (χ1) is 60.8. The molecule has 32 nitrogen and oxygen atoms in total. The number of aliphatic carboxylic acids is 1. The third kappa shape index (κ3) is 50.0. The van der Waals surface area contributed by atoms with E-state index >= 15 is 0 Å². The molecule has 6 aromatic rings.